The molecule has 1 atom stereocenters. The van der Waals surface area contributed by atoms with E-state index in [1.807, 2.05) is 6.92 Å². The average molecular weight is 431 g/mol. The van der Waals surface area contributed by atoms with Gasteiger partial charge in [0.25, 0.3) is 0 Å². The topological polar surface area (TPSA) is 51.2 Å². The molecule has 0 unspecified atom stereocenters. The molecule has 0 saturated heterocycles. The van der Waals surface area contributed by atoms with Crippen LogP contribution >= 0.6 is 38.5 Å². The number of benzene rings is 1. The number of sulfone groups is 1. The molecule has 0 aliphatic rings. The Morgan fingerprint density at radius 2 is 1.82 bits per heavy atom. The zero-order chi connectivity index (χ0) is 13.3. The lowest BCUT2D eigenvalue weighted by Gasteiger charge is -2.18. The number of Topliss-reactive ketones (excluding diaryl/α,β-unsaturated/α-hetero) is 1. The van der Waals surface area contributed by atoms with Gasteiger partial charge in [-0.2, -0.15) is 0 Å². The number of aryl methyl sites for hydroxylation is 1. The van der Waals surface area contributed by atoms with Crippen molar-refractivity contribution in [3.8, 4) is 0 Å². The lowest BCUT2D eigenvalue weighted by molar-refractivity contribution is 0.101. The van der Waals surface area contributed by atoms with Crippen molar-refractivity contribution in [1.29, 1.82) is 0 Å². The number of carbonyl (C=O) groups excluding carboxylic acids is 1. The van der Waals surface area contributed by atoms with E-state index in [0.717, 1.165) is 5.56 Å². The number of ketones is 1. The van der Waals surface area contributed by atoms with Gasteiger partial charge in [0.1, 0.15) is 0 Å². The molecule has 94 valence electrons. The standard InChI is InChI=1S/C11H12BrIO3S/c1-3-17(15,16)11(12,13)10(14)9-6-4-8(2)5-7-9/h4-7H,3H2,1-2H3/t11-/m0/s1. The maximum atomic E-state index is 12.1. The van der Waals surface area contributed by atoms with Gasteiger partial charge in [-0.25, -0.2) is 8.42 Å². The highest BCUT2D eigenvalue weighted by molar-refractivity contribution is 14.1. The van der Waals surface area contributed by atoms with Crippen LogP contribution in [0.5, 0.6) is 0 Å². The summed E-state index contributed by atoms with van der Waals surface area (Å²) >= 11 is 4.67. The van der Waals surface area contributed by atoms with Crippen molar-refractivity contribution in [3.63, 3.8) is 0 Å². The maximum Gasteiger partial charge on any atom is 0.239 e. The minimum Gasteiger partial charge on any atom is -0.290 e. The van der Waals surface area contributed by atoms with Crippen LogP contribution in [0.2, 0.25) is 0 Å². The molecule has 0 heterocycles. The van der Waals surface area contributed by atoms with Crippen molar-refractivity contribution >= 4 is 54.1 Å². The number of rotatable bonds is 4. The molecule has 0 aliphatic heterocycles. The Bertz CT molecular complexity index is 520. The number of alkyl halides is 2. The Hall–Kier alpha value is 0.0500. The molecule has 0 fully saturated rings. The first-order valence-corrected chi connectivity index (χ1v) is 8.46. The van der Waals surface area contributed by atoms with Crippen LogP contribution in [0.4, 0.5) is 0 Å². The van der Waals surface area contributed by atoms with Crippen molar-refractivity contribution in [2.24, 2.45) is 0 Å². The molecular weight excluding hydrogens is 419 g/mol. The summed E-state index contributed by atoms with van der Waals surface area (Å²) in [6, 6.07) is 6.84. The fraction of sp³-hybridized carbons (Fsp3) is 0.364. The average Bonchev–Trinajstić information content (AvgIpc) is 2.28. The molecule has 0 N–H and O–H groups in total. The Morgan fingerprint density at radius 1 is 1.35 bits per heavy atom. The van der Waals surface area contributed by atoms with Crippen LogP contribution in [-0.4, -0.2) is 21.6 Å². The van der Waals surface area contributed by atoms with Gasteiger partial charge >= 0.3 is 0 Å². The summed E-state index contributed by atoms with van der Waals surface area (Å²) in [4.78, 5) is 12.1. The van der Waals surface area contributed by atoms with E-state index in [1.54, 1.807) is 46.9 Å². The SMILES string of the molecule is CCS(=O)(=O)[C@@](Br)(I)C(=O)c1ccc(C)cc1. The molecule has 3 nitrogen and oxygen atoms in total. The normalized spacial score (nSPS) is 15.3. The van der Waals surface area contributed by atoms with E-state index >= 15 is 0 Å². The Balaban J connectivity index is 3.18. The van der Waals surface area contributed by atoms with Crippen LogP contribution in [0.25, 0.3) is 0 Å². The highest BCUT2D eigenvalue weighted by Gasteiger charge is 2.45. The molecule has 6 heteroatoms. The number of halogens is 2. The summed E-state index contributed by atoms with van der Waals surface area (Å²) in [6.07, 6.45) is 0. The van der Waals surface area contributed by atoms with Crippen LogP contribution in [0.3, 0.4) is 0 Å². The van der Waals surface area contributed by atoms with Crippen LogP contribution in [0, 0.1) is 6.92 Å². The molecule has 0 spiro atoms. The molecule has 1 rings (SSSR count). The molecule has 0 amide bonds. The monoisotopic (exact) mass is 430 g/mol. The smallest absolute Gasteiger partial charge is 0.239 e. The van der Waals surface area contributed by atoms with E-state index in [0.29, 0.717) is 5.56 Å². The highest BCUT2D eigenvalue weighted by Crippen LogP contribution is 2.37. The van der Waals surface area contributed by atoms with E-state index in [2.05, 4.69) is 15.9 Å². The number of hydrogen-bond acceptors (Lipinski definition) is 3. The zero-order valence-corrected chi connectivity index (χ0v) is 14.0. The van der Waals surface area contributed by atoms with Crippen LogP contribution < -0.4 is 0 Å². The zero-order valence-electron chi connectivity index (χ0n) is 9.41. The number of carbonyl (C=O) groups is 1. The van der Waals surface area contributed by atoms with E-state index in [-0.39, 0.29) is 5.75 Å². The third-order valence-corrected chi connectivity index (χ3v) is 8.42. The number of hydrogen-bond donors (Lipinski definition) is 0. The predicted octanol–water partition coefficient (Wildman–Crippen LogP) is 3.10. The Kier molecular flexibility index (Phi) is 4.76. The molecule has 0 bridgehead atoms. The van der Waals surface area contributed by atoms with Crippen molar-refractivity contribution in [2.45, 2.75) is 15.5 Å². The maximum absolute atomic E-state index is 12.1. The van der Waals surface area contributed by atoms with E-state index in [4.69, 9.17) is 0 Å². The fourth-order valence-electron chi connectivity index (χ4n) is 1.20. The van der Waals surface area contributed by atoms with Crippen molar-refractivity contribution in [3.05, 3.63) is 35.4 Å². The second-order valence-electron chi connectivity index (χ2n) is 3.62. The minimum absolute atomic E-state index is 0.0845. The quantitative estimate of drug-likeness (QED) is 0.419. The van der Waals surface area contributed by atoms with Gasteiger partial charge in [0.15, 0.2) is 9.84 Å². The van der Waals surface area contributed by atoms with Gasteiger partial charge < -0.3 is 0 Å². The predicted molar refractivity (Wildman–Crippen MR) is 80.6 cm³/mol. The van der Waals surface area contributed by atoms with Crippen molar-refractivity contribution in [1.82, 2.24) is 0 Å². The van der Waals surface area contributed by atoms with E-state index < -0.39 is 17.3 Å². The van der Waals surface area contributed by atoms with Gasteiger partial charge in [-0.1, -0.05) is 36.8 Å². The molecular formula is C11H12BrIO3S. The summed E-state index contributed by atoms with van der Waals surface area (Å²) in [7, 11) is -3.50. The molecule has 0 saturated carbocycles. The van der Waals surface area contributed by atoms with Crippen molar-refractivity contribution in [2.75, 3.05) is 5.75 Å². The Morgan fingerprint density at radius 3 is 2.24 bits per heavy atom. The van der Waals surface area contributed by atoms with Gasteiger partial charge in [0, 0.05) is 5.56 Å². The molecule has 0 aliphatic carbocycles. The van der Waals surface area contributed by atoms with E-state index in [9.17, 15) is 13.2 Å². The van der Waals surface area contributed by atoms with Crippen LogP contribution in [-0.2, 0) is 9.84 Å². The van der Waals surface area contributed by atoms with Crippen molar-refractivity contribution < 1.29 is 13.2 Å². The van der Waals surface area contributed by atoms with Gasteiger partial charge in [0.2, 0.25) is 7.45 Å². The first-order chi connectivity index (χ1) is 7.72. The van der Waals surface area contributed by atoms with Crippen LogP contribution in [0.1, 0.15) is 22.8 Å². The molecule has 1 aromatic rings. The van der Waals surface area contributed by atoms with Gasteiger partial charge in [-0.05, 0) is 45.4 Å². The second-order valence-corrected chi connectivity index (χ2v) is 11.6. The first-order valence-electron chi connectivity index (χ1n) is 4.94. The lowest BCUT2D eigenvalue weighted by atomic mass is 10.1. The van der Waals surface area contributed by atoms with E-state index in [1.165, 1.54) is 6.92 Å². The van der Waals surface area contributed by atoms with Gasteiger partial charge in [-0.15, -0.1) is 0 Å². The highest BCUT2D eigenvalue weighted by atomic mass is 127. The lowest BCUT2D eigenvalue weighted by Crippen LogP contribution is -2.35. The molecule has 17 heavy (non-hydrogen) atoms. The summed E-state index contributed by atoms with van der Waals surface area (Å²) in [5.74, 6) is -0.529. The fourth-order valence-corrected chi connectivity index (χ4v) is 4.12. The third kappa shape index (κ3) is 3.08. The minimum atomic E-state index is -3.50. The third-order valence-electron chi connectivity index (χ3n) is 2.35. The largest absolute Gasteiger partial charge is 0.290 e. The molecule has 0 radical (unpaired) electrons. The molecule has 0 aromatic heterocycles. The first kappa shape index (κ1) is 15.1. The summed E-state index contributed by atoms with van der Waals surface area (Å²) in [5, 5.41) is 0. The second kappa shape index (κ2) is 5.36. The molecule has 1 aromatic carbocycles. The Labute approximate surface area is 123 Å². The van der Waals surface area contributed by atoms with Crippen LogP contribution in [0.15, 0.2) is 24.3 Å². The van der Waals surface area contributed by atoms with Gasteiger partial charge in [-0.3, -0.25) is 4.79 Å². The summed E-state index contributed by atoms with van der Waals surface area (Å²) < 4.78 is 22.1. The summed E-state index contributed by atoms with van der Waals surface area (Å²) in [6.45, 7) is 3.43. The van der Waals surface area contributed by atoms with Gasteiger partial charge in [0.05, 0.1) is 5.75 Å². The summed E-state index contributed by atoms with van der Waals surface area (Å²) in [5.41, 5.74) is 1.41.